The Kier molecular flexibility index (Phi) is 3.31. The smallest absolute Gasteiger partial charge is 0.146 e. The molecule has 0 fully saturated rings. The Morgan fingerprint density at radius 1 is 1.05 bits per heavy atom. The maximum atomic E-state index is 13.5. The van der Waals surface area contributed by atoms with Gasteiger partial charge in [-0.2, -0.15) is 0 Å². The predicted molar refractivity (Wildman–Crippen MR) is 73.3 cm³/mol. The number of thiazole rings is 1. The number of hydrogen-bond acceptors (Lipinski definition) is 3. The third-order valence-corrected chi connectivity index (χ3v) is 3.84. The molecule has 3 aromatic rings. The first-order valence-corrected chi connectivity index (χ1v) is 6.68. The van der Waals surface area contributed by atoms with Crippen molar-refractivity contribution in [2.45, 2.75) is 6.54 Å². The second-order valence-electron chi connectivity index (χ2n) is 4.18. The number of benzene rings is 2. The first-order valence-electron chi connectivity index (χ1n) is 5.86. The van der Waals surface area contributed by atoms with E-state index in [2.05, 4.69) is 10.3 Å². The van der Waals surface area contributed by atoms with E-state index in [1.165, 1.54) is 12.1 Å². The van der Waals surface area contributed by atoms with Crippen LogP contribution in [0.15, 0.2) is 36.4 Å². The van der Waals surface area contributed by atoms with Gasteiger partial charge in [0.15, 0.2) is 0 Å². The zero-order chi connectivity index (χ0) is 14.1. The van der Waals surface area contributed by atoms with Crippen molar-refractivity contribution in [3.05, 3.63) is 58.9 Å². The van der Waals surface area contributed by atoms with Crippen LogP contribution in [0, 0.1) is 17.5 Å². The molecule has 0 unspecified atom stereocenters. The van der Waals surface area contributed by atoms with Gasteiger partial charge in [-0.25, -0.2) is 18.2 Å². The van der Waals surface area contributed by atoms with Gasteiger partial charge in [-0.3, -0.25) is 0 Å². The Labute approximate surface area is 116 Å². The second kappa shape index (κ2) is 5.13. The van der Waals surface area contributed by atoms with Gasteiger partial charge in [0.2, 0.25) is 0 Å². The molecule has 6 heteroatoms. The van der Waals surface area contributed by atoms with Gasteiger partial charge in [0.05, 0.1) is 22.4 Å². The van der Waals surface area contributed by atoms with E-state index < -0.39 is 11.6 Å². The number of para-hydroxylation sites is 1. The lowest BCUT2D eigenvalue weighted by Gasteiger charge is -2.04. The van der Waals surface area contributed by atoms with Crippen molar-refractivity contribution in [3.8, 4) is 0 Å². The third kappa shape index (κ3) is 2.46. The summed E-state index contributed by atoms with van der Waals surface area (Å²) < 4.78 is 40.3. The minimum Gasteiger partial charge on any atom is -0.376 e. The van der Waals surface area contributed by atoms with Crippen molar-refractivity contribution in [3.63, 3.8) is 0 Å². The summed E-state index contributed by atoms with van der Waals surface area (Å²) >= 11 is 1.12. The number of halogens is 3. The lowest BCUT2D eigenvalue weighted by Crippen LogP contribution is -2.00. The summed E-state index contributed by atoms with van der Waals surface area (Å²) in [5, 5.41) is 3.44. The SMILES string of the molecule is Fc1cc(F)c2sc(CNc3ccccc3F)nc2c1. The summed E-state index contributed by atoms with van der Waals surface area (Å²) in [5.41, 5.74) is 0.622. The van der Waals surface area contributed by atoms with Crippen molar-refractivity contribution in [1.82, 2.24) is 4.98 Å². The summed E-state index contributed by atoms with van der Waals surface area (Å²) in [6, 6.07) is 8.25. The first kappa shape index (κ1) is 12.9. The third-order valence-electron chi connectivity index (χ3n) is 2.76. The number of fused-ring (bicyclic) bond motifs is 1. The number of nitrogens with one attached hydrogen (secondary N) is 1. The average molecular weight is 294 g/mol. The Morgan fingerprint density at radius 3 is 2.65 bits per heavy atom. The molecule has 0 atom stereocenters. The van der Waals surface area contributed by atoms with E-state index in [9.17, 15) is 13.2 Å². The van der Waals surface area contributed by atoms with Gasteiger partial charge in [0, 0.05) is 12.1 Å². The first-order chi connectivity index (χ1) is 9.63. The quantitative estimate of drug-likeness (QED) is 0.778. The molecule has 0 aliphatic rings. The fraction of sp³-hybridized carbons (Fsp3) is 0.0714. The molecule has 1 aromatic heterocycles. The van der Waals surface area contributed by atoms with Crippen LogP contribution in [0.2, 0.25) is 0 Å². The maximum Gasteiger partial charge on any atom is 0.146 e. The zero-order valence-corrected chi connectivity index (χ0v) is 11.0. The normalized spacial score (nSPS) is 10.9. The van der Waals surface area contributed by atoms with E-state index >= 15 is 0 Å². The molecule has 1 N–H and O–H groups in total. The highest BCUT2D eigenvalue weighted by Crippen LogP contribution is 2.26. The minimum absolute atomic E-state index is 0.251. The molecule has 0 aliphatic carbocycles. The molecule has 1 heterocycles. The molecule has 3 rings (SSSR count). The van der Waals surface area contributed by atoms with Gasteiger partial charge < -0.3 is 5.32 Å². The van der Waals surface area contributed by atoms with Crippen molar-refractivity contribution >= 4 is 27.2 Å². The Morgan fingerprint density at radius 2 is 1.85 bits per heavy atom. The van der Waals surface area contributed by atoms with Gasteiger partial charge in [0.25, 0.3) is 0 Å². The largest absolute Gasteiger partial charge is 0.376 e. The topological polar surface area (TPSA) is 24.9 Å². The van der Waals surface area contributed by atoms with Crippen LogP contribution in [-0.4, -0.2) is 4.98 Å². The number of rotatable bonds is 3. The number of hydrogen-bond donors (Lipinski definition) is 1. The van der Waals surface area contributed by atoms with Gasteiger partial charge in [0.1, 0.15) is 22.5 Å². The Bertz CT molecular complexity index is 770. The van der Waals surface area contributed by atoms with Gasteiger partial charge >= 0.3 is 0 Å². The summed E-state index contributed by atoms with van der Waals surface area (Å²) in [6.45, 7) is 0.251. The molecule has 0 radical (unpaired) electrons. The second-order valence-corrected chi connectivity index (χ2v) is 5.26. The number of nitrogens with zero attached hydrogens (tertiary/aromatic N) is 1. The summed E-state index contributed by atoms with van der Waals surface area (Å²) in [5.74, 6) is -1.66. The lowest BCUT2D eigenvalue weighted by molar-refractivity contribution is 0.593. The minimum atomic E-state index is -0.658. The molecular formula is C14H9F3N2S. The standard InChI is InChI=1S/C14H9F3N2S/c15-8-5-10(17)14-12(6-8)19-13(20-14)7-18-11-4-2-1-3-9(11)16/h1-6,18H,7H2. The van der Waals surface area contributed by atoms with Crippen LogP contribution in [0.5, 0.6) is 0 Å². The fourth-order valence-corrected chi connectivity index (χ4v) is 2.75. The molecule has 0 bridgehead atoms. The molecule has 0 amide bonds. The summed E-state index contributed by atoms with van der Waals surface area (Å²) in [4.78, 5) is 4.13. The molecule has 0 saturated carbocycles. The van der Waals surface area contributed by atoms with Crippen molar-refractivity contribution < 1.29 is 13.2 Å². The highest BCUT2D eigenvalue weighted by atomic mass is 32.1. The Balaban J connectivity index is 1.85. The number of aromatic nitrogens is 1. The van der Waals surface area contributed by atoms with Crippen LogP contribution in [0.3, 0.4) is 0 Å². The van der Waals surface area contributed by atoms with Crippen LogP contribution < -0.4 is 5.32 Å². The van der Waals surface area contributed by atoms with Crippen molar-refractivity contribution in [1.29, 1.82) is 0 Å². The molecule has 20 heavy (non-hydrogen) atoms. The van der Waals surface area contributed by atoms with E-state index in [0.717, 1.165) is 17.4 Å². The van der Waals surface area contributed by atoms with Crippen LogP contribution in [0.25, 0.3) is 10.2 Å². The molecular weight excluding hydrogens is 285 g/mol. The van der Waals surface area contributed by atoms with Crippen LogP contribution >= 0.6 is 11.3 Å². The van der Waals surface area contributed by atoms with E-state index in [0.29, 0.717) is 15.4 Å². The number of anilines is 1. The highest BCUT2D eigenvalue weighted by molar-refractivity contribution is 7.18. The fourth-order valence-electron chi connectivity index (χ4n) is 1.86. The zero-order valence-electron chi connectivity index (χ0n) is 10.2. The maximum absolute atomic E-state index is 13.5. The lowest BCUT2D eigenvalue weighted by atomic mass is 10.3. The molecule has 0 spiro atoms. The highest BCUT2D eigenvalue weighted by Gasteiger charge is 2.10. The molecule has 2 aromatic carbocycles. The predicted octanol–water partition coefficient (Wildman–Crippen LogP) is 4.33. The molecule has 0 saturated heterocycles. The van der Waals surface area contributed by atoms with E-state index in [4.69, 9.17) is 0 Å². The molecule has 102 valence electrons. The van der Waals surface area contributed by atoms with Gasteiger partial charge in [-0.1, -0.05) is 12.1 Å². The summed E-state index contributed by atoms with van der Waals surface area (Å²) in [6.07, 6.45) is 0. The monoisotopic (exact) mass is 294 g/mol. The van der Waals surface area contributed by atoms with Crippen molar-refractivity contribution in [2.75, 3.05) is 5.32 Å². The van der Waals surface area contributed by atoms with Crippen molar-refractivity contribution in [2.24, 2.45) is 0 Å². The van der Waals surface area contributed by atoms with Crippen LogP contribution in [-0.2, 0) is 6.54 Å². The summed E-state index contributed by atoms with van der Waals surface area (Å²) in [7, 11) is 0. The molecule has 0 aliphatic heterocycles. The van der Waals surface area contributed by atoms with E-state index in [1.54, 1.807) is 18.2 Å². The average Bonchev–Trinajstić information content (AvgIpc) is 2.81. The van der Waals surface area contributed by atoms with Crippen LogP contribution in [0.4, 0.5) is 18.9 Å². The van der Waals surface area contributed by atoms with E-state index in [-0.39, 0.29) is 17.9 Å². The van der Waals surface area contributed by atoms with Gasteiger partial charge in [-0.05, 0) is 12.1 Å². The van der Waals surface area contributed by atoms with E-state index in [1.807, 2.05) is 0 Å². The molecule has 2 nitrogen and oxygen atoms in total. The van der Waals surface area contributed by atoms with Crippen LogP contribution in [0.1, 0.15) is 5.01 Å². The van der Waals surface area contributed by atoms with Gasteiger partial charge in [-0.15, -0.1) is 11.3 Å². The Hall–Kier alpha value is -2.08.